The van der Waals surface area contributed by atoms with Crippen molar-refractivity contribution >= 4 is 17.5 Å². The summed E-state index contributed by atoms with van der Waals surface area (Å²) in [5.41, 5.74) is 0.455. The monoisotopic (exact) mass is 296 g/mol. The summed E-state index contributed by atoms with van der Waals surface area (Å²) in [6.07, 6.45) is 1.26. The van der Waals surface area contributed by atoms with Crippen molar-refractivity contribution < 1.29 is 13.6 Å². The molecule has 0 atom stereocenters. The van der Waals surface area contributed by atoms with Crippen LogP contribution in [0.5, 0.6) is 0 Å². The predicted octanol–water partition coefficient (Wildman–Crippen LogP) is 2.99. The van der Waals surface area contributed by atoms with Gasteiger partial charge >= 0.3 is 0 Å². The number of hydrogen-bond acceptors (Lipinski definition) is 2. The van der Waals surface area contributed by atoms with Crippen molar-refractivity contribution in [2.75, 3.05) is 6.54 Å². The molecule has 6 heteroatoms. The number of aromatic nitrogens is 1. The molecule has 1 aromatic carbocycles. The molecular formula is C14H11ClF2N2O. The lowest BCUT2D eigenvalue weighted by Gasteiger charge is -2.07. The fraction of sp³-hybridized carbons (Fsp3) is 0.143. The summed E-state index contributed by atoms with van der Waals surface area (Å²) in [6.45, 7) is 0.215. The molecule has 1 aromatic heterocycles. The topological polar surface area (TPSA) is 42.0 Å². The van der Waals surface area contributed by atoms with E-state index >= 15 is 0 Å². The standard InChI is InChI=1S/C14H11ClF2N2O/c15-13-11(7-10(16)8-19-13)14(20)18-6-5-9-3-1-2-4-12(9)17/h1-4,7-8H,5-6H2,(H,18,20). The molecule has 0 spiro atoms. The van der Waals surface area contributed by atoms with Gasteiger partial charge in [-0.2, -0.15) is 0 Å². The Hall–Kier alpha value is -2.01. The van der Waals surface area contributed by atoms with Crippen LogP contribution in [0.1, 0.15) is 15.9 Å². The Morgan fingerprint density at radius 2 is 2.05 bits per heavy atom. The van der Waals surface area contributed by atoms with E-state index in [1.54, 1.807) is 18.2 Å². The van der Waals surface area contributed by atoms with Crippen LogP contribution in [0.4, 0.5) is 8.78 Å². The first-order chi connectivity index (χ1) is 9.58. The maximum absolute atomic E-state index is 13.4. The molecule has 1 heterocycles. The lowest BCUT2D eigenvalue weighted by atomic mass is 10.1. The minimum Gasteiger partial charge on any atom is -0.352 e. The second-order valence-corrected chi connectivity index (χ2v) is 4.45. The molecule has 104 valence electrons. The van der Waals surface area contributed by atoms with Crippen LogP contribution >= 0.6 is 11.6 Å². The minimum absolute atomic E-state index is 0.0415. The van der Waals surface area contributed by atoms with Gasteiger partial charge in [0.1, 0.15) is 16.8 Å². The van der Waals surface area contributed by atoms with Crippen LogP contribution < -0.4 is 5.32 Å². The molecule has 0 radical (unpaired) electrons. The summed E-state index contributed by atoms with van der Waals surface area (Å²) in [5, 5.41) is 2.47. The van der Waals surface area contributed by atoms with Crippen LogP contribution in [0.2, 0.25) is 5.15 Å². The first kappa shape index (κ1) is 14.4. The van der Waals surface area contributed by atoms with Crippen molar-refractivity contribution in [2.45, 2.75) is 6.42 Å². The molecule has 0 aliphatic carbocycles. The van der Waals surface area contributed by atoms with Crippen molar-refractivity contribution in [3.05, 3.63) is 64.4 Å². The van der Waals surface area contributed by atoms with Crippen LogP contribution in [0.25, 0.3) is 0 Å². The zero-order chi connectivity index (χ0) is 14.5. The number of pyridine rings is 1. The maximum Gasteiger partial charge on any atom is 0.254 e. The Morgan fingerprint density at radius 3 is 2.80 bits per heavy atom. The number of carbonyl (C=O) groups is 1. The van der Waals surface area contributed by atoms with Gasteiger partial charge in [0.2, 0.25) is 0 Å². The molecule has 0 saturated heterocycles. The lowest BCUT2D eigenvalue weighted by molar-refractivity contribution is 0.0953. The van der Waals surface area contributed by atoms with E-state index in [4.69, 9.17) is 11.6 Å². The highest BCUT2D eigenvalue weighted by atomic mass is 35.5. The van der Waals surface area contributed by atoms with Gasteiger partial charge in [0, 0.05) is 6.54 Å². The van der Waals surface area contributed by atoms with E-state index in [0.29, 0.717) is 12.0 Å². The second kappa shape index (κ2) is 6.43. The number of carbonyl (C=O) groups excluding carboxylic acids is 1. The Morgan fingerprint density at radius 1 is 1.30 bits per heavy atom. The van der Waals surface area contributed by atoms with Gasteiger partial charge in [-0.25, -0.2) is 13.8 Å². The van der Waals surface area contributed by atoms with E-state index < -0.39 is 11.7 Å². The van der Waals surface area contributed by atoms with Gasteiger partial charge < -0.3 is 5.32 Å². The number of halogens is 3. The zero-order valence-electron chi connectivity index (χ0n) is 10.4. The van der Waals surface area contributed by atoms with Crippen LogP contribution in [-0.2, 0) is 6.42 Å². The van der Waals surface area contributed by atoms with Gasteiger partial charge in [-0.15, -0.1) is 0 Å². The van der Waals surface area contributed by atoms with Gasteiger partial charge in [0.05, 0.1) is 11.8 Å². The third-order valence-corrected chi connectivity index (χ3v) is 2.99. The second-order valence-electron chi connectivity index (χ2n) is 4.09. The molecule has 0 aliphatic rings. The normalized spacial score (nSPS) is 10.3. The van der Waals surface area contributed by atoms with Crippen molar-refractivity contribution in [1.82, 2.24) is 10.3 Å². The molecule has 2 rings (SSSR count). The predicted molar refractivity (Wildman–Crippen MR) is 71.6 cm³/mol. The van der Waals surface area contributed by atoms with Crippen molar-refractivity contribution in [3.63, 3.8) is 0 Å². The summed E-state index contributed by atoms with van der Waals surface area (Å²) in [4.78, 5) is 15.3. The number of rotatable bonds is 4. The molecule has 3 nitrogen and oxygen atoms in total. The van der Waals surface area contributed by atoms with E-state index in [1.165, 1.54) is 6.07 Å². The highest BCUT2D eigenvalue weighted by Crippen LogP contribution is 2.13. The molecule has 1 N–H and O–H groups in total. The number of benzene rings is 1. The Labute approximate surface area is 119 Å². The SMILES string of the molecule is O=C(NCCc1ccccc1F)c1cc(F)cnc1Cl. The van der Waals surface area contributed by atoms with Gasteiger partial charge in [0.25, 0.3) is 5.91 Å². The number of nitrogens with one attached hydrogen (secondary N) is 1. The van der Waals surface area contributed by atoms with Crippen LogP contribution in [0.3, 0.4) is 0 Å². The zero-order valence-corrected chi connectivity index (χ0v) is 11.1. The van der Waals surface area contributed by atoms with Gasteiger partial charge in [0.15, 0.2) is 0 Å². The van der Waals surface area contributed by atoms with Gasteiger partial charge in [-0.3, -0.25) is 4.79 Å². The highest BCUT2D eigenvalue weighted by molar-refractivity contribution is 6.32. The molecule has 1 amide bonds. The molecule has 0 fully saturated rings. The number of amides is 1. The first-order valence-electron chi connectivity index (χ1n) is 5.90. The molecule has 2 aromatic rings. The maximum atomic E-state index is 13.4. The van der Waals surface area contributed by atoms with E-state index in [2.05, 4.69) is 10.3 Å². The van der Waals surface area contributed by atoms with Crippen LogP contribution in [0.15, 0.2) is 36.5 Å². The molecule has 0 aliphatic heterocycles. The summed E-state index contributed by atoms with van der Waals surface area (Å²) in [6, 6.07) is 7.31. The fourth-order valence-electron chi connectivity index (χ4n) is 1.69. The van der Waals surface area contributed by atoms with E-state index in [0.717, 1.165) is 12.3 Å². The summed E-state index contributed by atoms with van der Waals surface area (Å²) < 4.78 is 26.4. The minimum atomic E-state index is -0.645. The average Bonchev–Trinajstić information content (AvgIpc) is 2.43. The molecule has 0 saturated carbocycles. The molecular weight excluding hydrogens is 286 g/mol. The fourth-order valence-corrected chi connectivity index (χ4v) is 1.88. The molecule has 0 bridgehead atoms. The summed E-state index contributed by atoms with van der Waals surface area (Å²) in [7, 11) is 0. The quantitative estimate of drug-likeness (QED) is 0.881. The number of hydrogen-bond donors (Lipinski definition) is 1. The van der Waals surface area contributed by atoms with Gasteiger partial charge in [-0.05, 0) is 24.1 Å². The molecule has 0 unspecified atom stereocenters. The summed E-state index contributed by atoms with van der Waals surface area (Å²) in [5.74, 6) is -1.51. The van der Waals surface area contributed by atoms with Crippen LogP contribution in [-0.4, -0.2) is 17.4 Å². The van der Waals surface area contributed by atoms with Crippen molar-refractivity contribution in [2.24, 2.45) is 0 Å². The largest absolute Gasteiger partial charge is 0.352 e. The molecule has 20 heavy (non-hydrogen) atoms. The van der Waals surface area contributed by atoms with Gasteiger partial charge in [-0.1, -0.05) is 29.8 Å². The lowest BCUT2D eigenvalue weighted by Crippen LogP contribution is -2.26. The van der Waals surface area contributed by atoms with Crippen LogP contribution in [0, 0.1) is 11.6 Å². The third-order valence-electron chi connectivity index (χ3n) is 2.69. The van der Waals surface area contributed by atoms with Crippen molar-refractivity contribution in [1.29, 1.82) is 0 Å². The Balaban J connectivity index is 1.96. The highest BCUT2D eigenvalue weighted by Gasteiger charge is 2.12. The summed E-state index contributed by atoms with van der Waals surface area (Å²) >= 11 is 5.71. The smallest absolute Gasteiger partial charge is 0.254 e. The Kier molecular flexibility index (Phi) is 4.63. The van der Waals surface area contributed by atoms with Crippen molar-refractivity contribution in [3.8, 4) is 0 Å². The van der Waals surface area contributed by atoms with E-state index in [1.807, 2.05) is 0 Å². The first-order valence-corrected chi connectivity index (χ1v) is 6.28. The van der Waals surface area contributed by atoms with E-state index in [-0.39, 0.29) is 23.1 Å². The third kappa shape index (κ3) is 3.51. The average molecular weight is 297 g/mol. The number of nitrogens with zero attached hydrogens (tertiary/aromatic N) is 1. The Bertz CT molecular complexity index is 634. The van der Waals surface area contributed by atoms with E-state index in [9.17, 15) is 13.6 Å².